The number of rotatable bonds is 6. The van der Waals surface area contributed by atoms with Crippen LogP contribution in [0, 0.1) is 0 Å². The van der Waals surface area contributed by atoms with Gasteiger partial charge in [-0.05, 0) is 32.2 Å². The van der Waals surface area contributed by atoms with E-state index in [0.717, 1.165) is 18.8 Å². The maximum absolute atomic E-state index is 4.97. The normalized spacial score (nSPS) is 19.1. The van der Waals surface area contributed by atoms with Crippen molar-refractivity contribution in [2.45, 2.75) is 69.8 Å². The molecule has 0 saturated heterocycles. The summed E-state index contributed by atoms with van der Waals surface area (Å²) in [7, 11) is 0. The van der Waals surface area contributed by atoms with Gasteiger partial charge in [-0.25, -0.2) is 4.98 Å². The molecule has 0 amide bonds. The van der Waals surface area contributed by atoms with Gasteiger partial charge in [0, 0.05) is 27.8 Å². The van der Waals surface area contributed by atoms with Gasteiger partial charge in [0.15, 0.2) is 0 Å². The highest BCUT2D eigenvalue weighted by Crippen LogP contribution is 2.37. The van der Waals surface area contributed by atoms with Gasteiger partial charge in [-0.2, -0.15) is 0 Å². The zero-order valence-electron chi connectivity index (χ0n) is 13.3. The fourth-order valence-electron chi connectivity index (χ4n) is 2.55. The maximum Gasteiger partial charge on any atom is 0.103 e. The van der Waals surface area contributed by atoms with Crippen LogP contribution in [0.3, 0.4) is 0 Å². The molecule has 2 rings (SSSR count). The molecule has 1 aliphatic rings. The summed E-state index contributed by atoms with van der Waals surface area (Å²) in [6.07, 6.45) is 5.10. The van der Waals surface area contributed by atoms with E-state index in [1.165, 1.54) is 36.4 Å². The van der Waals surface area contributed by atoms with Crippen molar-refractivity contribution in [2.75, 3.05) is 13.1 Å². The minimum atomic E-state index is 0.328. The lowest BCUT2D eigenvalue weighted by molar-refractivity contribution is 0.501. The summed E-state index contributed by atoms with van der Waals surface area (Å²) in [6, 6.07) is 0. The Kier molecular flexibility index (Phi) is 5.94. The standard InChI is InChI=1S/C16H28N2S2/c1-5-9-17-10-12-7-6-8-13-15(12)18-14(20-13)11-19-16(2,3)4/h12,17H,5-11H2,1-4H3. The summed E-state index contributed by atoms with van der Waals surface area (Å²) in [4.78, 5) is 6.53. The zero-order chi connectivity index (χ0) is 14.6. The lowest BCUT2D eigenvalue weighted by atomic mass is 9.91. The summed E-state index contributed by atoms with van der Waals surface area (Å²) < 4.78 is 0.328. The molecule has 1 unspecified atom stereocenters. The van der Waals surface area contributed by atoms with Crippen LogP contribution in [-0.4, -0.2) is 22.8 Å². The van der Waals surface area contributed by atoms with Crippen molar-refractivity contribution >= 4 is 23.1 Å². The van der Waals surface area contributed by atoms with Gasteiger partial charge in [0.25, 0.3) is 0 Å². The molecule has 20 heavy (non-hydrogen) atoms. The first kappa shape index (κ1) is 16.3. The first-order chi connectivity index (χ1) is 9.49. The van der Waals surface area contributed by atoms with Crippen LogP contribution in [-0.2, 0) is 12.2 Å². The second kappa shape index (κ2) is 7.28. The SMILES string of the molecule is CCCNCC1CCCc2sc(CSC(C)(C)C)nc21. The van der Waals surface area contributed by atoms with Gasteiger partial charge in [-0.15, -0.1) is 23.1 Å². The van der Waals surface area contributed by atoms with Gasteiger partial charge >= 0.3 is 0 Å². The number of hydrogen-bond donors (Lipinski definition) is 1. The first-order valence-electron chi connectivity index (χ1n) is 7.82. The average Bonchev–Trinajstić information content (AvgIpc) is 2.80. The van der Waals surface area contributed by atoms with Crippen molar-refractivity contribution < 1.29 is 0 Å². The van der Waals surface area contributed by atoms with Crippen LogP contribution in [0.15, 0.2) is 0 Å². The van der Waals surface area contributed by atoms with Crippen molar-refractivity contribution in [3.8, 4) is 0 Å². The summed E-state index contributed by atoms with van der Waals surface area (Å²) in [5.74, 6) is 1.71. The van der Waals surface area contributed by atoms with E-state index in [1.54, 1.807) is 4.88 Å². The Morgan fingerprint density at radius 3 is 2.90 bits per heavy atom. The fraction of sp³-hybridized carbons (Fsp3) is 0.812. The monoisotopic (exact) mass is 312 g/mol. The van der Waals surface area contributed by atoms with E-state index in [9.17, 15) is 0 Å². The number of fused-ring (bicyclic) bond motifs is 1. The van der Waals surface area contributed by atoms with Crippen LogP contribution in [0.25, 0.3) is 0 Å². The molecule has 0 fully saturated rings. The molecule has 0 aromatic carbocycles. The average molecular weight is 313 g/mol. The third-order valence-corrected chi connectivity index (χ3v) is 6.16. The number of thiazole rings is 1. The molecule has 1 heterocycles. The van der Waals surface area contributed by atoms with Crippen LogP contribution in [0.2, 0.25) is 0 Å². The molecule has 0 saturated carbocycles. The van der Waals surface area contributed by atoms with Gasteiger partial charge in [0.05, 0.1) is 5.69 Å². The highest BCUT2D eigenvalue weighted by atomic mass is 32.2. The second-order valence-corrected chi connectivity index (χ2v) is 9.58. The van der Waals surface area contributed by atoms with Gasteiger partial charge in [0.2, 0.25) is 0 Å². The summed E-state index contributed by atoms with van der Waals surface area (Å²) in [6.45, 7) is 11.3. The summed E-state index contributed by atoms with van der Waals surface area (Å²) in [5, 5.41) is 4.90. The predicted molar refractivity (Wildman–Crippen MR) is 92.0 cm³/mol. The lowest BCUT2D eigenvalue weighted by Gasteiger charge is -2.21. The number of nitrogens with one attached hydrogen (secondary N) is 1. The molecule has 0 aliphatic heterocycles. The van der Waals surface area contributed by atoms with Crippen LogP contribution < -0.4 is 5.32 Å². The van der Waals surface area contributed by atoms with E-state index in [2.05, 4.69) is 33.0 Å². The van der Waals surface area contributed by atoms with Crippen molar-refractivity contribution in [2.24, 2.45) is 0 Å². The van der Waals surface area contributed by atoms with E-state index in [0.29, 0.717) is 10.7 Å². The van der Waals surface area contributed by atoms with Crippen LogP contribution in [0.1, 0.15) is 68.5 Å². The van der Waals surface area contributed by atoms with E-state index < -0.39 is 0 Å². The van der Waals surface area contributed by atoms with Gasteiger partial charge in [-0.1, -0.05) is 27.7 Å². The molecule has 1 aromatic rings. The molecule has 1 atom stereocenters. The van der Waals surface area contributed by atoms with Crippen LogP contribution in [0.5, 0.6) is 0 Å². The smallest absolute Gasteiger partial charge is 0.103 e. The van der Waals surface area contributed by atoms with Gasteiger partial charge in [-0.3, -0.25) is 0 Å². The van der Waals surface area contributed by atoms with Crippen LogP contribution >= 0.6 is 23.1 Å². The minimum absolute atomic E-state index is 0.328. The molecular weight excluding hydrogens is 284 g/mol. The Morgan fingerprint density at radius 2 is 2.20 bits per heavy atom. The molecule has 0 bridgehead atoms. The molecular formula is C16H28N2S2. The number of nitrogens with zero attached hydrogens (tertiary/aromatic N) is 1. The Bertz CT molecular complexity index is 421. The summed E-state index contributed by atoms with van der Waals surface area (Å²) >= 11 is 3.96. The Balaban J connectivity index is 1.99. The predicted octanol–water partition coefficient (Wildman–Crippen LogP) is 4.59. The number of aryl methyl sites for hydroxylation is 1. The number of thioether (sulfide) groups is 1. The van der Waals surface area contributed by atoms with Crippen molar-refractivity contribution in [1.29, 1.82) is 0 Å². The van der Waals surface area contributed by atoms with E-state index in [-0.39, 0.29) is 0 Å². The van der Waals surface area contributed by atoms with Crippen molar-refractivity contribution in [3.63, 3.8) is 0 Å². The van der Waals surface area contributed by atoms with Crippen molar-refractivity contribution in [1.82, 2.24) is 10.3 Å². The zero-order valence-corrected chi connectivity index (χ0v) is 14.9. The van der Waals surface area contributed by atoms with Crippen molar-refractivity contribution in [3.05, 3.63) is 15.6 Å². The first-order valence-corrected chi connectivity index (χ1v) is 9.63. The minimum Gasteiger partial charge on any atom is -0.316 e. The Labute approximate surface area is 132 Å². The topological polar surface area (TPSA) is 24.9 Å². The quantitative estimate of drug-likeness (QED) is 0.777. The van der Waals surface area contributed by atoms with Gasteiger partial charge < -0.3 is 5.32 Å². The molecule has 114 valence electrons. The lowest BCUT2D eigenvalue weighted by Crippen LogP contribution is -2.24. The highest BCUT2D eigenvalue weighted by molar-refractivity contribution is 7.99. The molecule has 4 heteroatoms. The maximum atomic E-state index is 4.97. The Hall–Kier alpha value is -0.0600. The molecule has 1 aromatic heterocycles. The van der Waals surface area contributed by atoms with Crippen LogP contribution in [0.4, 0.5) is 0 Å². The Morgan fingerprint density at radius 1 is 1.40 bits per heavy atom. The third kappa shape index (κ3) is 4.74. The van der Waals surface area contributed by atoms with E-state index in [4.69, 9.17) is 4.98 Å². The molecule has 1 aliphatic carbocycles. The largest absolute Gasteiger partial charge is 0.316 e. The molecule has 1 N–H and O–H groups in total. The number of aromatic nitrogens is 1. The highest BCUT2D eigenvalue weighted by Gasteiger charge is 2.24. The second-order valence-electron chi connectivity index (χ2n) is 6.61. The van der Waals surface area contributed by atoms with E-state index >= 15 is 0 Å². The van der Waals surface area contributed by atoms with Gasteiger partial charge in [0.1, 0.15) is 5.01 Å². The molecule has 2 nitrogen and oxygen atoms in total. The number of hydrogen-bond acceptors (Lipinski definition) is 4. The third-order valence-electron chi connectivity index (χ3n) is 3.56. The molecule has 0 spiro atoms. The fourth-order valence-corrected chi connectivity index (χ4v) is 4.57. The summed E-state index contributed by atoms with van der Waals surface area (Å²) in [5.41, 5.74) is 1.41. The van der Waals surface area contributed by atoms with E-state index in [1.807, 2.05) is 23.1 Å². The molecule has 0 radical (unpaired) electrons.